The molecule has 0 aliphatic carbocycles. The van der Waals surface area contributed by atoms with E-state index in [0.717, 1.165) is 22.4 Å². The second-order valence-corrected chi connectivity index (χ2v) is 6.95. The Morgan fingerprint density at radius 1 is 1.30 bits per heavy atom. The minimum Gasteiger partial charge on any atom is -0.448 e. The molecule has 0 bridgehead atoms. The van der Waals surface area contributed by atoms with Crippen LogP contribution in [0.15, 0.2) is 12.1 Å². The number of halogens is 1. The summed E-state index contributed by atoms with van der Waals surface area (Å²) in [6.45, 7) is 9.26. The highest BCUT2D eigenvalue weighted by Crippen LogP contribution is 2.37. The van der Waals surface area contributed by atoms with E-state index in [0.29, 0.717) is 6.42 Å². The van der Waals surface area contributed by atoms with Crippen LogP contribution in [0.25, 0.3) is 0 Å². The van der Waals surface area contributed by atoms with E-state index in [1.165, 1.54) is 4.90 Å². The van der Waals surface area contributed by atoms with Gasteiger partial charge in [-0.3, -0.25) is 4.90 Å². The predicted octanol–water partition coefficient (Wildman–Crippen LogP) is 3.71. The van der Waals surface area contributed by atoms with Gasteiger partial charge in [0.25, 0.3) is 0 Å². The van der Waals surface area contributed by atoms with Crippen molar-refractivity contribution in [2.24, 2.45) is 0 Å². The largest absolute Gasteiger partial charge is 0.448 e. The fourth-order valence-corrected chi connectivity index (χ4v) is 2.98. The molecule has 0 aromatic heterocycles. The van der Waals surface area contributed by atoms with Crippen molar-refractivity contribution in [1.82, 2.24) is 0 Å². The van der Waals surface area contributed by atoms with E-state index >= 15 is 0 Å². The Balaban J connectivity index is 2.44. The summed E-state index contributed by atoms with van der Waals surface area (Å²) in [6, 6.07) is 2.96. The van der Waals surface area contributed by atoms with Gasteiger partial charge in [-0.05, 0) is 45.7 Å². The number of carbonyl (C=O) groups is 2. The molecule has 1 aliphatic rings. The van der Waals surface area contributed by atoms with E-state index in [1.54, 1.807) is 20.8 Å². The van der Waals surface area contributed by atoms with Gasteiger partial charge in [0.05, 0.1) is 5.69 Å². The van der Waals surface area contributed by atoms with Gasteiger partial charge >= 0.3 is 12.1 Å². The van der Waals surface area contributed by atoms with Gasteiger partial charge in [0.15, 0.2) is 6.07 Å². The lowest BCUT2D eigenvalue weighted by Crippen LogP contribution is -2.46. The lowest BCUT2D eigenvalue weighted by molar-refractivity contribution is -0.143. The molecule has 5 nitrogen and oxygen atoms in total. The van der Waals surface area contributed by atoms with Crippen molar-refractivity contribution in [3.63, 3.8) is 0 Å². The highest BCUT2D eigenvalue weighted by atomic mass is 35.5. The normalized spacial score (nSPS) is 17.0. The first-order valence-electron chi connectivity index (χ1n) is 7.49. The summed E-state index contributed by atoms with van der Waals surface area (Å²) in [5, 5.41) is 0. The Labute approximate surface area is 141 Å². The van der Waals surface area contributed by atoms with Crippen LogP contribution in [-0.2, 0) is 20.7 Å². The van der Waals surface area contributed by atoms with Gasteiger partial charge in [0, 0.05) is 6.42 Å². The number of esters is 1. The predicted molar refractivity (Wildman–Crippen MR) is 88.9 cm³/mol. The van der Waals surface area contributed by atoms with E-state index in [2.05, 4.69) is 0 Å². The molecule has 1 aliphatic heterocycles. The number of anilines is 1. The molecule has 1 atom stereocenters. The maximum Gasteiger partial charge on any atom is 0.415 e. The van der Waals surface area contributed by atoms with Gasteiger partial charge in [-0.1, -0.05) is 29.3 Å². The summed E-state index contributed by atoms with van der Waals surface area (Å²) < 4.78 is 10.4. The van der Waals surface area contributed by atoms with E-state index in [1.807, 2.05) is 26.0 Å². The van der Waals surface area contributed by atoms with Gasteiger partial charge in [-0.2, -0.15) is 0 Å². The molecule has 126 valence electrons. The molecule has 0 spiro atoms. The third-order valence-electron chi connectivity index (χ3n) is 3.55. The highest BCUT2D eigenvalue weighted by molar-refractivity contribution is 6.17. The van der Waals surface area contributed by atoms with Crippen molar-refractivity contribution in [3.8, 4) is 0 Å². The molecule has 2 rings (SSSR count). The summed E-state index contributed by atoms with van der Waals surface area (Å²) >= 11 is 5.50. The molecule has 0 fully saturated rings. The van der Waals surface area contributed by atoms with Crippen LogP contribution in [0.5, 0.6) is 0 Å². The molecule has 0 radical (unpaired) electrons. The number of ether oxygens (including phenoxy) is 2. The van der Waals surface area contributed by atoms with Crippen molar-refractivity contribution in [1.29, 1.82) is 0 Å². The number of aryl methyl sites for hydroxylation is 2. The van der Waals surface area contributed by atoms with E-state index in [4.69, 9.17) is 21.1 Å². The summed E-state index contributed by atoms with van der Waals surface area (Å²) in [6.07, 6.45) is -0.160. The number of alkyl halides is 1. The average Bonchev–Trinajstić information content (AvgIpc) is 2.76. The Hall–Kier alpha value is -1.75. The number of rotatable bonds is 2. The second kappa shape index (κ2) is 6.40. The first kappa shape index (κ1) is 17.6. The molecule has 6 heteroatoms. The monoisotopic (exact) mass is 339 g/mol. The molecule has 0 saturated heterocycles. The minimum absolute atomic E-state index is 0.244. The molecular formula is C17H22ClNO4. The van der Waals surface area contributed by atoms with Crippen LogP contribution in [-0.4, -0.2) is 29.8 Å². The maximum atomic E-state index is 12.6. The molecule has 0 saturated carbocycles. The zero-order valence-corrected chi connectivity index (χ0v) is 14.9. The van der Waals surface area contributed by atoms with Crippen LogP contribution in [0.1, 0.15) is 37.5 Å². The summed E-state index contributed by atoms with van der Waals surface area (Å²) in [5.41, 5.74) is 3.01. The van der Waals surface area contributed by atoms with Gasteiger partial charge in [-0.25, -0.2) is 9.59 Å². The molecule has 1 heterocycles. The number of amides is 1. The molecule has 1 amide bonds. The van der Waals surface area contributed by atoms with Crippen LogP contribution in [0.4, 0.5) is 10.5 Å². The minimum atomic E-state index is -0.751. The topological polar surface area (TPSA) is 55.8 Å². The summed E-state index contributed by atoms with van der Waals surface area (Å²) in [5.74, 6) is -0.529. The zero-order chi connectivity index (χ0) is 17.4. The Bertz CT molecular complexity index is 636. The van der Waals surface area contributed by atoms with Gasteiger partial charge in [0.1, 0.15) is 11.6 Å². The smallest absolute Gasteiger partial charge is 0.415 e. The van der Waals surface area contributed by atoms with E-state index < -0.39 is 23.7 Å². The SMILES string of the molecule is Cc1cc(C)c2c(c1)CC(C(=O)OCCl)N2C(=O)OC(C)(C)C. The van der Waals surface area contributed by atoms with Crippen molar-refractivity contribution < 1.29 is 19.1 Å². The van der Waals surface area contributed by atoms with Gasteiger partial charge in [-0.15, -0.1) is 0 Å². The number of benzene rings is 1. The third kappa shape index (κ3) is 3.78. The van der Waals surface area contributed by atoms with Gasteiger partial charge < -0.3 is 9.47 Å². The number of hydrogen-bond donors (Lipinski definition) is 0. The maximum absolute atomic E-state index is 12.6. The summed E-state index contributed by atoms with van der Waals surface area (Å²) in [4.78, 5) is 26.3. The van der Waals surface area contributed by atoms with Crippen molar-refractivity contribution >= 4 is 29.4 Å². The van der Waals surface area contributed by atoms with Crippen LogP contribution in [0.2, 0.25) is 0 Å². The molecular weight excluding hydrogens is 318 g/mol. The van der Waals surface area contributed by atoms with Crippen molar-refractivity contribution in [2.45, 2.75) is 52.7 Å². The molecule has 1 aromatic carbocycles. The van der Waals surface area contributed by atoms with Gasteiger partial charge in [0.2, 0.25) is 0 Å². The van der Waals surface area contributed by atoms with E-state index in [-0.39, 0.29) is 6.07 Å². The lowest BCUT2D eigenvalue weighted by atomic mass is 10.0. The Morgan fingerprint density at radius 2 is 1.96 bits per heavy atom. The standard InChI is InChI=1S/C17H22ClNO4/c1-10-6-11(2)14-12(7-10)8-13(15(20)22-9-18)19(14)16(21)23-17(3,4)5/h6-7,13H,8-9H2,1-5H3. The fourth-order valence-electron chi connectivity index (χ4n) is 2.87. The first-order valence-corrected chi connectivity index (χ1v) is 8.02. The molecule has 1 unspecified atom stereocenters. The van der Waals surface area contributed by atoms with E-state index in [9.17, 15) is 9.59 Å². The highest BCUT2D eigenvalue weighted by Gasteiger charge is 2.42. The first-order chi connectivity index (χ1) is 10.6. The second-order valence-electron chi connectivity index (χ2n) is 6.73. The van der Waals surface area contributed by atoms with Crippen LogP contribution >= 0.6 is 11.6 Å². The number of hydrogen-bond acceptors (Lipinski definition) is 4. The Morgan fingerprint density at radius 3 is 2.52 bits per heavy atom. The lowest BCUT2D eigenvalue weighted by Gasteiger charge is -2.28. The molecule has 1 aromatic rings. The Kier molecular flexibility index (Phi) is 4.90. The quantitative estimate of drug-likeness (QED) is 0.609. The molecule has 23 heavy (non-hydrogen) atoms. The third-order valence-corrected chi connectivity index (χ3v) is 3.66. The van der Waals surface area contributed by atoms with Crippen LogP contribution in [0, 0.1) is 13.8 Å². The van der Waals surface area contributed by atoms with Crippen molar-refractivity contribution in [3.05, 3.63) is 28.8 Å². The molecule has 0 N–H and O–H groups in total. The zero-order valence-electron chi connectivity index (χ0n) is 14.1. The number of carbonyl (C=O) groups excluding carboxylic acids is 2. The van der Waals surface area contributed by atoms with Crippen LogP contribution in [0.3, 0.4) is 0 Å². The average molecular weight is 340 g/mol. The number of nitrogens with zero attached hydrogens (tertiary/aromatic N) is 1. The van der Waals surface area contributed by atoms with Crippen molar-refractivity contribution in [2.75, 3.05) is 11.0 Å². The fraction of sp³-hybridized carbons (Fsp3) is 0.529. The summed E-state index contributed by atoms with van der Waals surface area (Å²) in [7, 11) is 0. The number of fused-ring (bicyclic) bond motifs is 1. The van der Waals surface area contributed by atoms with Crippen LogP contribution < -0.4 is 4.90 Å².